The molecule has 0 aromatic rings. The van der Waals surface area contributed by atoms with Crippen molar-refractivity contribution in [1.29, 1.82) is 0 Å². The second-order valence-corrected chi connectivity index (χ2v) is 15.4. The van der Waals surface area contributed by atoms with E-state index in [9.17, 15) is 0 Å². The maximum atomic E-state index is 2.40. The van der Waals surface area contributed by atoms with Gasteiger partial charge in [-0.15, -0.1) is 0 Å². The van der Waals surface area contributed by atoms with Crippen LogP contribution >= 0.6 is 23.5 Å². The van der Waals surface area contributed by atoms with Crippen molar-refractivity contribution >= 4 is 53.4 Å². The predicted molar refractivity (Wildman–Crippen MR) is 58.0 cm³/mol. The molecule has 2 atom stereocenters. The van der Waals surface area contributed by atoms with Crippen LogP contribution in [0.2, 0.25) is 10.6 Å². The molecule has 0 nitrogen and oxygen atoms in total. The van der Waals surface area contributed by atoms with Gasteiger partial charge >= 0.3 is 90.3 Å². The summed E-state index contributed by atoms with van der Waals surface area (Å²) in [6.45, 7) is 4.81. The van der Waals surface area contributed by atoms with Crippen LogP contribution in [0, 0.1) is 0 Å². The molecule has 11 heavy (non-hydrogen) atoms. The first kappa shape index (κ1) is 9.30. The fourth-order valence-electron chi connectivity index (χ4n) is 1.21. The molecule has 2 aliphatic rings. The van der Waals surface area contributed by atoms with Gasteiger partial charge in [-0.1, -0.05) is 0 Å². The van der Waals surface area contributed by atoms with Gasteiger partial charge in [0.1, 0.15) is 0 Å². The van der Waals surface area contributed by atoms with Crippen molar-refractivity contribution in [3.63, 3.8) is 0 Å². The molecule has 64 valence electrons. The Balaban J connectivity index is 2.02. The molecule has 0 radical (unpaired) electrons. The van der Waals surface area contributed by atoms with Gasteiger partial charge in [-0.25, -0.2) is 0 Å². The van der Waals surface area contributed by atoms with Crippen LogP contribution in [0.4, 0.5) is 0 Å². The average molecular weight is 318 g/mol. The Morgan fingerprint density at radius 2 is 1.55 bits per heavy atom. The van der Waals surface area contributed by atoms with Crippen LogP contribution in [0.1, 0.15) is 13.8 Å². The van der Waals surface area contributed by atoms with E-state index < -0.39 is 0 Å². The molecule has 1 spiro atoms. The summed E-state index contributed by atoms with van der Waals surface area (Å²) in [5, 5.41) is 4.99. The van der Waals surface area contributed by atoms with Crippen molar-refractivity contribution in [2.45, 2.75) is 36.9 Å². The Morgan fingerprint density at radius 1 is 1.09 bits per heavy atom. The molecule has 0 saturated carbocycles. The molecule has 2 unspecified atom stereocenters. The Kier molecular flexibility index (Phi) is 2.94. The molecule has 0 N–H and O–H groups in total. The molecule has 0 bridgehead atoms. The van der Waals surface area contributed by atoms with E-state index in [1.807, 2.05) is 0 Å². The Bertz CT molecular complexity index is 145. The van der Waals surface area contributed by atoms with Crippen molar-refractivity contribution in [3.05, 3.63) is 0 Å². The van der Waals surface area contributed by atoms with Crippen molar-refractivity contribution in [3.8, 4) is 0 Å². The summed E-state index contributed by atoms with van der Waals surface area (Å²) in [6.07, 6.45) is 0. The standard InChI is InChI=1S/C7H12S2Se2/c1-5-3-10-7(8-5)9-6(2)4-11-7/h5-6H,3-4H2,1-2H3. The summed E-state index contributed by atoms with van der Waals surface area (Å²) in [6, 6.07) is 0. The van der Waals surface area contributed by atoms with E-state index in [0.717, 1.165) is 42.3 Å². The molecule has 0 amide bonds. The summed E-state index contributed by atoms with van der Waals surface area (Å²) >= 11 is 6.50. The van der Waals surface area contributed by atoms with E-state index in [0.29, 0.717) is 0 Å². The topological polar surface area (TPSA) is 0 Å². The van der Waals surface area contributed by atoms with Crippen LogP contribution < -0.4 is 0 Å². The van der Waals surface area contributed by atoms with E-state index in [-0.39, 0.29) is 0 Å². The van der Waals surface area contributed by atoms with Gasteiger partial charge in [0.25, 0.3) is 0 Å². The Hall–Kier alpha value is 1.74. The zero-order chi connectivity index (χ0) is 7.90. The molecule has 2 fully saturated rings. The summed E-state index contributed by atoms with van der Waals surface area (Å²) < 4.78 is 0.791. The van der Waals surface area contributed by atoms with E-state index in [1.54, 1.807) is 0 Å². The van der Waals surface area contributed by atoms with E-state index in [4.69, 9.17) is 0 Å². The van der Waals surface area contributed by atoms with E-state index in [2.05, 4.69) is 37.4 Å². The van der Waals surface area contributed by atoms with Crippen molar-refractivity contribution in [1.82, 2.24) is 0 Å². The second-order valence-electron chi connectivity index (χ2n) is 2.98. The third-order valence-corrected chi connectivity index (χ3v) is 16.6. The normalized spacial score (nSPS) is 50.7. The first-order chi connectivity index (χ1) is 5.20. The molecular weight excluding hydrogens is 306 g/mol. The molecule has 4 heteroatoms. The van der Waals surface area contributed by atoms with Crippen LogP contribution in [0.25, 0.3) is 0 Å². The monoisotopic (exact) mass is 320 g/mol. The summed E-state index contributed by atoms with van der Waals surface area (Å²) in [5.41, 5.74) is 0. The summed E-state index contributed by atoms with van der Waals surface area (Å²) in [4.78, 5) is 0. The number of hydrogen-bond donors (Lipinski definition) is 0. The fourth-order valence-corrected chi connectivity index (χ4v) is 17.0. The number of thioether (sulfide) groups is 2. The minimum atomic E-state index is 0.791. The molecule has 2 rings (SSSR count). The van der Waals surface area contributed by atoms with E-state index >= 15 is 0 Å². The van der Waals surface area contributed by atoms with Gasteiger partial charge in [-0.05, 0) is 0 Å². The van der Waals surface area contributed by atoms with Crippen LogP contribution in [-0.2, 0) is 0 Å². The Labute approximate surface area is 89.7 Å². The second kappa shape index (κ2) is 3.47. The molecular formula is C7H12S2Se2. The van der Waals surface area contributed by atoms with Gasteiger partial charge in [-0.2, -0.15) is 0 Å². The first-order valence-corrected chi connectivity index (χ1v) is 9.73. The molecule has 0 aromatic carbocycles. The zero-order valence-electron chi connectivity index (χ0n) is 6.70. The van der Waals surface area contributed by atoms with Crippen LogP contribution in [0.3, 0.4) is 0 Å². The van der Waals surface area contributed by atoms with E-state index in [1.165, 1.54) is 10.6 Å². The summed E-state index contributed by atoms with van der Waals surface area (Å²) in [7, 11) is 0. The third-order valence-electron chi connectivity index (χ3n) is 1.68. The zero-order valence-corrected chi connectivity index (χ0v) is 11.8. The fraction of sp³-hybridized carbons (Fsp3) is 1.00. The molecule has 2 heterocycles. The Morgan fingerprint density at radius 3 is 1.82 bits per heavy atom. The van der Waals surface area contributed by atoms with Gasteiger partial charge in [0.05, 0.1) is 0 Å². The van der Waals surface area contributed by atoms with Gasteiger partial charge < -0.3 is 0 Å². The molecule has 0 aromatic heterocycles. The van der Waals surface area contributed by atoms with Gasteiger partial charge in [0.15, 0.2) is 0 Å². The molecule has 2 saturated heterocycles. The van der Waals surface area contributed by atoms with Gasteiger partial charge in [0, 0.05) is 0 Å². The quantitative estimate of drug-likeness (QED) is 0.628. The maximum absolute atomic E-state index is 2.40. The minimum absolute atomic E-state index is 0.791. The van der Waals surface area contributed by atoms with Crippen LogP contribution in [0.15, 0.2) is 0 Å². The van der Waals surface area contributed by atoms with Crippen molar-refractivity contribution in [2.75, 3.05) is 0 Å². The molecule has 2 aliphatic heterocycles. The SMILES string of the molecule is CC1C[Se]C2(S1)SC(C)C[Se]2. The van der Waals surface area contributed by atoms with Crippen LogP contribution in [-0.4, -0.2) is 42.3 Å². The van der Waals surface area contributed by atoms with Gasteiger partial charge in [-0.3, -0.25) is 0 Å². The first-order valence-electron chi connectivity index (χ1n) is 3.84. The number of hydrogen-bond acceptors (Lipinski definition) is 2. The predicted octanol–water partition coefficient (Wildman–Crippen LogP) is 2.11. The van der Waals surface area contributed by atoms with Crippen molar-refractivity contribution in [2.24, 2.45) is 0 Å². The van der Waals surface area contributed by atoms with Crippen LogP contribution in [0.5, 0.6) is 0 Å². The van der Waals surface area contributed by atoms with Gasteiger partial charge in [0.2, 0.25) is 0 Å². The third kappa shape index (κ3) is 1.98. The van der Waals surface area contributed by atoms with Crippen molar-refractivity contribution < 1.29 is 0 Å². The number of rotatable bonds is 0. The average Bonchev–Trinajstić information content (AvgIpc) is 2.44. The summed E-state index contributed by atoms with van der Waals surface area (Å²) in [5.74, 6) is 0. The molecule has 0 aliphatic carbocycles.